The van der Waals surface area contributed by atoms with Crippen LogP contribution in [0.3, 0.4) is 0 Å². The molecule has 130 valence electrons. The van der Waals surface area contributed by atoms with Crippen LogP contribution in [0.4, 0.5) is 10.5 Å². The average molecular weight is 357 g/mol. The number of hydrogen-bond donors (Lipinski definition) is 1. The van der Waals surface area contributed by atoms with Crippen molar-refractivity contribution in [2.24, 2.45) is 7.05 Å². The summed E-state index contributed by atoms with van der Waals surface area (Å²) in [7, 11) is 3.46. The standard InChI is InChI=1S/C16H19N7OS/c1-10-5-6-12(15-19-21-23(4)20-15)7-13(10)18-16(24)22(3)8-14-17-11(2)9-25-14/h5-7,9H,8H2,1-4H3,(H,18,24). The molecule has 0 unspecified atom stereocenters. The Balaban J connectivity index is 1.74. The Labute approximate surface area is 149 Å². The lowest BCUT2D eigenvalue weighted by atomic mass is 10.1. The fraction of sp³-hybridized carbons (Fsp3) is 0.312. The molecule has 0 bridgehead atoms. The minimum absolute atomic E-state index is 0.194. The predicted molar refractivity (Wildman–Crippen MR) is 96.3 cm³/mol. The summed E-state index contributed by atoms with van der Waals surface area (Å²) in [6.45, 7) is 4.35. The lowest BCUT2D eigenvalue weighted by Crippen LogP contribution is -2.31. The van der Waals surface area contributed by atoms with Crippen LogP contribution >= 0.6 is 11.3 Å². The molecule has 0 saturated heterocycles. The number of aromatic nitrogens is 5. The number of aryl methyl sites for hydroxylation is 3. The van der Waals surface area contributed by atoms with Crippen LogP contribution in [0.5, 0.6) is 0 Å². The fourth-order valence-electron chi connectivity index (χ4n) is 2.26. The number of benzene rings is 1. The summed E-state index contributed by atoms with van der Waals surface area (Å²) >= 11 is 1.55. The lowest BCUT2D eigenvalue weighted by Gasteiger charge is -2.18. The molecule has 1 N–H and O–H groups in total. The number of carbonyl (C=O) groups is 1. The Morgan fingerprint density at radius 2 is 2.16 bits per heavy atom. The fourth-order valence-corrected chi connectivity index (χ4v) is 3.08. The number of thiazole rings is 1. The van der Waals surface area contributed by atoms with E-state index in [1.54, 1.807) is 30.3 Å². The van der Waals surface area contributed by atoms with Gasteiger partial charge < -0.3 is 10.2 Å². The summed E-state index contributed by atoms with van der Waals surface area (Å²) in [6, 6.07) is 5.49. The number of carbonyl (C=O) groups excluding carboxylic acids is 1. The van der Waals surface area contributed by atoms with E-state index in [0.29, 0.717) is 12.4 Å². The molecule has 1 aromatic carbocycles. The molecule has 8 nitrogen and oxygen atoms in total. The molecule has 3 rings (SSSR count). The SMILES string of the molecule is Cc1csc(CN(C)C(=O)Nc2cc(-c3nnn(C)n3)ccc2C)n1. The zero-order chi connectivity index (χ0) is 18.0. The van der Waals surface area contributed by atoms with Crippen LogP contribution in [0, 0.1) is 13.8 Å². The summed E-state index contributed by atoms with van der Waals surface area (Å²) in [5.74, 6) is 0.518. The zero-order valence-corrected chi connectivity index (χ0v) is 15.3. The van der Waals surface area contributed by atoms with E-state index in [1.807, 2.05) is 37.4 Å². The Kier molecular flexibility index (Phi) is 4.75. The first-order valence-corrected chi connectivity index (χ1v) is 8.58. The van der Waals surface area contributed by atoms with Crippen molar-refractivity contribution >= 4 is 23.1 Å². The number of amides is 2. The number of urea groups is 1. The second-order valence-corrected chi connectivity index (χ2v) is 6.74. The van der Waals surface area contributed by atoms with Crippen molar-refractivity contribution in [3.8, 4) is 11.4 Å². The topological polar surface area (TPSA) is 88.8 Å². The van der Waals surface area contributed by atoms with Gasteiger partial charge in [0, 0.05) is 29.4 Å². The van der Waals surface area contributed by atoms with E-state index in [-0.39, 0.29) is 6.03 Å². The summed E-state index contributed by atoms with van der Waals surface area (Å²) in [4.78, 5) is 19.9. The Bertz CT molecular complexity index is 902. The van der Waals surface area contributed by atoms with Gasteiger partial charge in [-0.2, -0.15) is 4.80 Å². The van der Waals surface area contributed by atoms with Gasteiger partial charge in [-0.25, -0.2) is 9.78 Å². The molecule has 0 aliphatic heterocycles. The number of hydrogen-bond acceptors (Lipinski definition) is 6. The Morgan fingerprint density at radius 3 is 2.80 bits per heavy atom. The Morgan fingerprint density at radius 1 is 1.36 bits per heavy atom. The first kappa shape index (κ1) is 17.0. The zero-order valence-electron chi connectivity index (χ0n) is 14.5. The number of tetrazole rings is 1. The van der Waals surface area contributed by atoms with Crippen LogP contribution in [0.25, 0.3) is 11.4 Å². The second kappa shape index (κ2) is 6.98. The molecule has 0 saturated carbocycles. The molecule has 3 aromatic rings. The van der Waals surface area contributed by atoms with Gasteiger partial charge in [-0.15, -0.1) is 21.5 Å². The molecular formula is C16H19N7OS. The highest BCUT2D eigenvalue weighted by molar-refractivity contribution is 7.09. The molecule has 0 fully saturated rings. The van der Waals surface area contributed by atoms with Crippen molar-refractivity contribution in [2.45, 2.75) is 20.4 Å². The van der Waals surface area contributed by atoms with E-state index in [0.717, 1.165) is 27.5 Å². The molecule has 2 amide bonds. The molecule has 0 atom stereocenters. The van der Waals surface area contributed by atoms with Crippen LogP contribution in [0.1, 0.15) is 16.3 Å². The van der Waals surface area contributed by atoms with E-state index in [4.69, 9.17) is 0 Å². The van der Waals surface area contributed by atoms with Crippen molar-refractivity contribution in [3.63, 3.8) is 0 Å². The number of nitrogens with zero attached hydrogens (tertiary/aromatic N) is 6. The van der Waals surface area contributed by atoms with Gasteiger partial charge in [-0.1, -0.05) is 12.1 Å². The van der Waals surface area contributed by atoms with Crippen molar-refractivity contribution in [1.29, 1.82) is 0 Å². The van der Waals surface area contributed by atoms with E-state index in [9.17, 15) is 4.79 Å². The summed E-state index contributed by atoms with van der Waals surface area (Å²) in [5, 5.41) is 17.8. The molecule has 0 aliphatic carbocycles. The van der Waals surface area contributed by atoms with Gasteiger partial charge in [0.05, 0.1) is 13.6 Å². The van der Waals surface area contributed by atoms with E-state index < -0.39 is 0 Å². The van der Waals surface area contributed by atoms with Crippen LogP contribution < -0.4 is 5.32 Å². The average Bonchev–Trinajstić information content (AvgIpc) is 3.18. The maximum atomic E-state index is 12.5. The van der Waals surface area contributed by atoms with Gasteiger partial charge in [0.1, 0.15) is 5.01 Å². The summed E-state index contributed by atoms with van der Waals surface area (Å²) in [5.41, 5.74) is 3.44. The van der Waals surface area contributed by atoms with Crippen molar-refractivity contribution < 1.29 is 4.79 Å². The molecule has 0 radical (unpaired) electrons. The van der Waals surface area contributed by atoms with E-state index in [2.05, 4.69) is 25.7 Å². The molecule has 2 heterocycles. The van der Waals surface area contributed by atoms with Gasteiger partial charge in [-0.3, -0.25) is 0 Å². The van der Waals surface area contributed by atoms with Crippen LogP contribution in [-0.4, -0.2) is 43.2 Å². The third-order valence-corrected chi connectivity index (χ3v) is 4.58. The maximum absolute atomic E-state index is 12.5. The van der Waals surface area contributed by atoms with Gasteiger partial charge in [-0.05, 0) is 30.7 Å². The van der Waals surface area contributed by atoms with Crippen molar-refractivity contribution in [3.05, 3.63) is 39.8 Å². The van der Waals surface area contributed by atoms with Crippen LogP contribution in [0.2, 0.25) is 0 Å². The molecule has 0 spiro atoms. The minimum Gasteiger partial charge on any atom is -0.321 e. The highest BCUT2D eigenvalue weighted by Crippen LogP contribution is 2.23. The van der Waals surface area contributed by atoms with Gasteiger partial charge in [0.2, 0.25) is 5.82 Å². The first-order chi connectivity index (χ1) is 11.9. The molecule has 0 aliphatic rings. The lowest BCUT2D eigenvalue weighted by molar-refractivity contribution is 0.220. The third kappa shape index (κ3) is 4.00. The second-order valence-electron chi connectivity index (χ2n) is 5.80. The Hall–Kier alpha value is -2.81. The summed E-state index contributed by atoms with van der Waals surface area (Å²) < 4.78 is 0. The van der Waals surface area contributed by atoms with Gasteiger partial charge in [0.15, 0.2) is 0 Å². The smallest absolute Gasteiger partial charge is 0.321 e. The number of nitrogens with one attached hydrogen (secondary N) is 1. The van der Waals surface area contributed by atoms with E-state index in [1.165, 1.54) is 4.80 Å². The largest absolute Gasteiger partial charge is 0.321 e. The summed E-state index contributed by atoms with van der Waals surface area (Å²) in [6.07, 6.45) is 0. The van der Waals surface area contributed by atoms with Crippen molar-refractivity contribution in [1.82, 2.24) is 30.1 Å². The van der Waals surface area contributed by atoms with E-state index >= 15 is 0 Å². The van der Waals surface area contributed by atoms with Crippen LogP contribution in [0.15, 0.2) is 23.6 Å². The highest BCUT2D eigenvalue weighted by atomic mass is 32.1. The number of anilines is 1. The molecule has 2 aromatic heterocycles. The normalized spacial score (nSPS) is 10.7. The highest BCUT2D eigenvalue weighted by Gasteiger charge is 2.14. The van der Waals surface area contributed by atoms with Gasteiger partial charge >= 0.3 is 6.03 Å². The minimum atomic E-state index is -0.194. The molecule has 9 heteroatoms. The molecular weight excluding hydrogens is 338 g/mol. The van der Waals surface area contributed by atoms with Gasteiger partial charge in [0.25, 0.3) is 0 Å². The first-order valence-electron chi connectivity index (χ1n) is 7.70. The van der Waals surface area contributed by atoms with Crippen LogP contribution in [-0.2, 0) is 13.6 Å². The quantitative estimate of drug-likeness (QED) is 0.775. The maximum Gasteiger partial charge on any atom is 0.321 e. The van der Waals surface area contributed by atoms with Crippen molar-refractivity contribution in [2.75, 3.05) is 12.4 Å². The molecule has 25 heavy (non-hydrogen) atoms. The monoisotopic (exact) mass is 357 g/mol. The third-order valence-electron chi connectivity index (χ3n) is 3.63. The predicted octanol–water partition coefficient (Wildman–Crippen LogP) is 2.61. The number of rotatable bonds is 4.